The molecule has 1 saturated heterocycles. The fraction of sp³-hybridized carbons (Fsp3) is 0.417. The molecule has 0 bridgehead atoms. The van der Waals surface area contributed by atoms with Gasteiger partial charge in [0, 0.05) is 11.0 Å². The van der Waals surface area contributed by atoms with Gasteiger partial charge in [-0.15, -0.1) is 0 Å². The van der Waals surface area contributed by atoms with Crippen LogP contribution in [0.1, 0.15) is 18.4 Å². The van der Waals surface area contributed by atoms with Gasteiger partial charge in [0.15, 0.2) is 0 Å². The van der Waals surface area contributed by atoms with Gasteiger partial charge in [-0.1, -0.05) is 28.1 Å². The summed E-state index contributed by atoms with van der Waals surface area (Å²) in [6, 6.07) is 7.73. The van der Waals surface area contributed by atoms with Gasteiger partial charge in [-0.3, -0.25) is 9.69 Å². The summed E-state index contributed by atoms with van der Waals surface area (Å²) in [4.78, 5) is 13.0. The minimum atomic E-state index is -0.699. The average molecular weight is 284 g/mol. The van der Waals surface area contributed by atoms with Crippen LogP contribution in [-0.4, -0.2) is 28.6 Å². The lowest BCUT2D eigenvalue weighted by Gasteiger charge is -2.20. The molecule has 86 valence electrons. The number of halogens is 1. The van der Waals surface area contributed by atoms with Crippen molar-refractivity contribution in [3.8, 4) is 0 Å². The van der Waals surface area contributed by atoms with Gasteiger partial charge < -0.3 is 5.11 Å². The summed E-state index contributed by atoms with van der Waals surface area (Å²) in [5.41, 5.74) is 1.16. The standard InChI is InChI=1S/C12H14BrNO2/c13-10-5-3-9(4-6-10)8-14-7-1-2-11(14)12(15)16/h3-6,11H,1-2,7-8H2,(H,15,16)/t11-/m0/s1. The number of hydrogen-bond donors (Lipinski definition) is 1. The van der Waals surface area contributed by atoms with Crippen LogP contribution in [0.3, 0.4) is 0 Å². The number of likely N-dealkylation sites (tertiary alicyclic amines) is 1. The number of carbonyl (C=O) groups is 1. The third-order valence-corrected chi connectivity index (χ3v) is 3.48. The molecular weight excluding hydrogens is 270 g/mol. The van der Waals surface area contributed by atoms with Crippen LogP contribution >= 0.6 is 15.9 Å². The van der Waals surface area contributed by atoms with Gasteiger partial charge in [0.2, 0.25) is 0 Å². The molecule has 0 aromatic heterocycles. The lowest BCUT2D eigenvalue weighted by Crippen LogP contribution is -2.35. The summed E-state index contributed by atoms with van der Waals surface area (Å²) in [5.74, 6) is -0.699. The molecule has 0 aliphatic carbocycles. The first-order chi connectivity index (χ1) is 7.66. The van der Waals surface area contributed by atoms with E-state index in [9.17, 15) is 4.79 Å². The van der Waals surface area contributed by atoms with E-state index in [1.54, 1.807) is 0 Å². The largest absolute Gasteiger partial charge is 0.480 e. The summed E-state index contributed by atoms with van der Waals surface area (Å²) in [6.07, 6.45) is 1.75. The van der Waals surface area contributed by atoms with Crippen LogP contribution in [0.5, 0.6) is 0 Å². The van der Waals surface area contributed by atoms with Crippen LogP contribution in [0, 0.1) is 0 Å². The van der Waals surface area contributed by atoms with E-state index in [2.05, 4.69) is 15.9 Å². The Morgan fingerprint density at radius 3 is 2.75 bits per heavy atom. The van der Waals surface area contributed by atoms with Gasteiger partial charge in [0.05, 0.1) is 0 Å². The van der Waals surface area contributed by atoms with Crippen molar-refractivity contribution >= 4 is 21.9 Å². The Labute approximate surface area is 103 Å². The molecule has 0 spiro atoms. The van der Waals surface area contributed by atoms with Crippen LogP contribution < -0.4 is 0 Å². The molecule has 1 N–H and O–H groups in total. The fourth-order valence-electron chi connectivity index (χ4n) is 2.12. The molecule has 3 nitrogen and oxygen atoms in total. The second-order valence-electron chi connectivity index (χ2n) is 4.09. The highest BCUT2D eigenvalue weighted by atomic mass is 79.9. The lowest BCUT2D eigenvalue weighted by molar-refractivity contribution is -0.142. The smallest absolute Gasteiger partial charge is 0.320 e. The Morgan fingerprint density at radius 1 is 1.44 bits per heavy atom. The Balaban J connectivity index is 2.03. The Hall–Kier alpha value is -0.870. The first kappa shape index (κ1) is 11.6. The van der Waals surface area contributed by atoms with Crippen LogP contribution in [0.4, 0.5) is 0 Å². The van der Waals surface area contributed by atoms with E-state index in [1.165, 1.54) is 0 Å². The van der Waals surface area contributed by atoms with E-state index in [0.29, 0.717) is 0 Å². The maximum atomic E-state index is 11.0. The maximum Gasteiger partial charge on any atom is 0.320 e. The summed E-state index contributed by atoms with van der Waals surface area (Å²) < 4.78 is 1.05. The normalized spacial score (nSPS) is 21.2. The molecule has 1 aromatic carbocycles. The predicted molar refractivity (Wildman–Crippen MR) is 65.2 cm³/mol. The molecule has 4 heteroatoms. The number of carboxylic acids is 1. The molecule has 0 unspecified atom stereocenters. The van der Waals surface area contributed by atoms with E-state index < -0.39 is 5.97 Å². The SMILES string of the molecule is O=C(O)[C@@H]1CCCN1Cc1ccc(Br)cc1. The van der Waals surface area contributed by atoms with Gasteiger partial charge >= 0.3 is 5.97 Å². The van der Waals surface area contributed by atoms with Crippen LogP contribution in [-0.2, 0) is 11.3 Å². The quantitative estimate of drug-likeness (QED) is 0.927. The first-order valence-electron chi connectivity index (χ1n) is 5.38. The predicted octanol–water partition coefficient (Wildman–Crippen LogP) is 2.50. The fourth-order valence-corrected chi connectivity index (χ4v) is 2.38. The lowest BCUT2D eigenvalue weighted by atomic mass is 10.2. The zero-order chi connectivity index (χ0) is 11.5. The van der Waals surface area contributed by atoms with Crippen molar-refractivity contribution in [3.63, 3.8) is 0 Å². The number of carboxylic acid groups (broad SMARTS) is 1. The molecule has 0 radical (unpaired) electrons. The van der Waals surface area contributed by atoms with Crippen LogP contribution in [0.15, 0.2) is 28.7 Å². The molecule has 0 saturated carbocycles. The van der Waals surface area contributed by atoms with Gasteiger partial charge in [-0.25, -0.2) is 0 Å². The molecule has 0 amide bonds. The van der Waals surface area contributed by atoms with Crippen molar-refractivity contribution < 1.29 is 9.90 Å². The monoisotopic (exact) mass is 283 g/mol. The van der Waals surface area contributed by atoms with Gasteiger partial charge in [0.25, 0.3) is 0 Å². The topological polar surface area (TPSA) is 40.5 Å². The molecular formula is C12H14BrNO2. The first-order valence-corrected chi connectivity index (χ1v) is 6.17. The van der Waals surface area contributed by atoms with Gasteiger partial charge in [-0.05, 0) is 37.1 Å². The second kappa shape index (κ2) is 4.97. The second-order valence-corrected chi connectivity index (χ2v) is 5.01. The molecule has 1 atom stereocenters. The number of nitrogens with zero attached hydrogens (tertiary/aromatic N) is 1. The highest BCUT2D eigenvalue weighted by molar-refractivity contribution is 9.10. The number of hydrogen-bond acceptors (Lipinski definition) is 2. The maximum absolute atomic E-state index is 11.0. The van der Waals surface area contributed by atoms with E-state index in [1.807, 2.05) is 29.2 Å². The molecule has 2 rings (SSSR count). The summed E-state index contributed by atoms with van der Waals surface area (Å²) in [7, 11) is 0. The molecule has 16 heavy (non-hydrogen) atoms. The molecule has 1 aliphatic heterocycles. The third kappa shape index (κ3) is 2.62. The van der Waals surface area contributed by atoms with Gasteiger partial charge in [-0.2, -0.15) is 0 Å². The minimum Gasteiger partial charge on any atom is -0.480 e. The number of benzene rings is 1. The van der Waals surface area contributed by atoms with Crippen molar-refractivity contribution in [2.24, 2.45) is 0 Å². The van der Waals surface area contributed by atoms with E-state index in [-0.39, 0.29) is 6.04 Å². The average Bonchev–Trinajstić information content (AvgIpc) is 2.69. The van der Waals surface area contributed by atoms with Crippen molar-refractivity contribution in [2.75, 3.05) is 6.54 Å². The van der Waals surface area contributed by atoms with E-state index in [0.717, 1.165) is 36.0 Å². The molecule has 1 aliphatic rings. The van der Waals surface area contributed by atoms with Crippen molar-refractivity contribution in [2.45, 2.75) is 25.4 Å². The summed E-state index contributed by atoms with van der Waals surface area (Å²) >= 11 is 3.39. The minimum absolute atomic E-state index is 0.302. The number of aliphatic carboxylic acids is 1. The van der Waals surface area contributed by atoms with Crippen LogP contribution in [0.2, 0.25) is 0 Å². The Kier molecular flexibility index (Phi) is 3.61. The summed E-state index contributed by atoms with van der Waals surface area (Å²) in [5, 5.41) is 9.06. The Morgan fingerprint density at radius 2 is 2.12 bits per heavy atom. The zero-order valence-electron chi connectivity index (χ0n) is 8.90. The number of rotatable bonds is 3. The van der Waals surface area contributed by atoms with E-state index in [4.69, 9.17) is 5.11 Å². The molecule has 1 aromatic rings. The summed E-state index contributed by atoms with van der Waals surface area (Å²) in [6.45, 7) is 1.61. The van der Waals surface area contributed by atoms with E-state index >= 15 is 0 Å². The van der Waals surface area contributed by atoms with Crippen molar-refractivity contribution in [3.05, 3.63) is 34.3 Å². The zero-order valence-corrected chi connectivity index (χ0v) is 10.5. The van der Waals surface area contributed by atoms with Crippen molar-refractivity contribution in [1.29, 1.82) is 0 Å². The third-order valence-electron chi connectivity index (χ3n) is 2.95. The van der Waals surface area contributed by atoms with Crippen molar-refractivity contribution in [1.82, 2.24) is 4.90 Å². The highest BCUT2D eigenvalue weighted by Gasteiger charge is 2.29. The highest BCUT2D eigenvalue weighted by Crippen LogP contribution is 2.21. The molecule has 1 heterocycles. The van der Waals surface area contributed by atoms with Crippen LogP contribution in [0.25, 0.3) is 0 Å². The Bertz CT molecular complexity index is 377. The molecule has 1 fully saturated rings. The van der Waals surface area contributed by atoms with Gasteiger partial charge in [0.1, 0.15) is 6.04 Å².